The third-order valence-corrected chi connectivity index (χ3v) is 6.02. The lowest BCUT2D eigenvalue weighted by Gasteiger charge is -2.31. The Morgan fingerprint density at radius 2 is 1.88 bits per heavy atom. The molecule has 0 unspecified atom stereocenters. The second-order valence-electron chi connectivity index (χ2n) is 8.29. The fourth-order valence-corrected chi connectivity index (χ4v) is 4.28. The maximum atomic E-state index is 12.2. The molecule has 4 rings (SSSR count). The molecule has 13 heteroatoms. The van der Waals surface area contributed by atoms with E-state index in [1.807, 2.05) is 18.2 Å². The fourth-order valence-electron chi connectivity index (χ4n) is 4.28. The van der Waals surface area contributed by atoms with Crippen molar-refractivity contribution in [3.05, 3.63) is 23.8 Å². The fraction of sp³-hybridized carbons (Fsp3) is 0.476. The van der Waals surface area contributed by atoms with Crippen molar-refractivity contribution in [2.24, 2.45) is 7.05 Å². The van der Waals surface area contributed by atoms with Crippen LogP contribution < -0.4 is 10.2 Å². The van der Waals surface area contributed by atoms with Crippen molar-refractivity contribution in [1.82, 2.24) is 20.0 Å². The number of nitrogens with zero attached hydrogens (tertiary/aromatic N) is 4. The number of ether oxygens (including phenoxy) is 1. The van der Waals surface area contributed by atoms with Crippen LogP contribution in [0.5, 0.6) is 0 Å². The number of hydrogen-bond donors (Lipinski definition) is 1. The number of nitrogens with one attached hydrogen (secondary N) is 1. The van der Waals surface area contributed by atoms with E-state index in [1.165, 1.54) is 4.90 Å². The van der Waals surface area contributed by atoms with E-state index in [2.05, 4.69) is 15.2 Å². The van der Waals surface area contributed by atoms with E-state index in [0.717, 1.165) is 16.5 Å². The number of esters is 2. The van der Waals surface area contributed by atoms with Crippen LogP contribution in [-0.4, -0.2) is 70.9 Å². The van der Waals surface area contributed by atoms with Crippen molar-refractivity contribution < 1.29 is 37.1 Å². The molecule has 0 radical (unpaired) electrons. The molecule has 2 aromatic rings. The van der Waals surface area contributed by atoms with E-state index in [4.69, 9.17) is 0 Å². The molecule has 182 valence electrons. The molecule has 34 heavy (non-hydrogen) atoms. The van der Waals surface area contributed by atoms with Crippen molar-refractivity contribution in [3.63, 3.8) is 0 Å². The van der Waals surface area contributed by atoms with Gasteiger partial charge in [0.15, 0.2) is 5.82 Å². The standard InChI is InChI=1S/C21H22F3N5O5/c1-27-15-10-13(2-3-14(15)18(26-27)29-9-6-16(30)25-20(29)33)12-4-7-28(8-5-12)11-17(31)34-19(32)21(22,23)24/h2-3,10,12H,4-9,11H2,1H3,(H,25,30,33). The predicted molar refractivity (Wildman–Crippen MR) is 112 cm³/mol. The number of rotatable bonds is 4. The molecule has 10 nitrogen and oxygen atoms in total. The Balaban J connectivity index is 1.40. The molecule has 0 atom stereocenters. The third kappa shape index (κ3) is 4.88. The Labute approximate surface area is 191 Å². The quantitative estimate of drug-likeness (QED) is 0.524. The molecule has 0 aliphatic carbocycles. The maximum Gasteiger partial charge on any atom is 0.491 e. The summed E-state index contributed by atoms with van der Waals surface area (Å²) in [4.78, 5) is 49.2. The van der Waals surface area contributed by atoms with Gasteiger partial charge in [0.05, 0.1) is 12.1 Å². The minimum Gasteiger partial charge on any atom is -0.385 e. The van der Waals surface area contributed by atoms with E-state index in [0.29, 0.717) is 31.7 Å². The highest BCUT2D eigenvalue weighted by Crippen LogP contribution is 2.33. The van der Waals surface area contributed by atoms with Crippen molar-refractivity contribution in [2.75, 3.05) is 31.1 Å². The molecule has 0 bridgehead atoms. The first-order valence-electron chi connectivity index (χ1n) is 10.6. The average molecular weight is 481 g/mol. The highest BCUT2D eigenvalue weighted by Gasteiger charge is 2.42. The molecule has 1 N–H and O–H groups in total. The summed E-state index contributed by atoms with van der Waals surface area (Å²) in [7, 11) is 1.76. The second kappa shape index (κ2) is 9.05. The van der Waals surface area contributed by atoms with Crippen LogP contribution in [0, 0.1) is 0 Å². The summed E-state index contributed by atoms with van der Waals surface area (Å²) >= 11 is 0. The number of amides is 3. The molecule has 3 heterocycles. The Hall–Kier alpha value is -3.48. The molecule has 0 spiro atoms. The number of alkyl halides is 3. The minimum absolute atomic E-state index is 0.155. The van der Waals surface area contributed by atoms with Gasteiger partial charge in [-0.25, -0.2) is 9.59 Å². The highest BCUT2D eigenvalue weighted by atomic mass is 19.4. The third-order valence-electron chi connectivity index (χ3n) is 6.02. The van der Waals surface area contributed by atoms with E-state index in [9.17, 15) is 32.3 Å². The van der Waals surface area contributed by atoms with Gasteiger partial charge in [0.2, 0.25) is 5.91 Å². The summed E-state index contributed by atoms with van der Waals surface area (Å²) in [5.41, 5.74) is 1.85. The molecule has 2 aliphatic rings. The first-order chi connectivity index (χ1) is 16.0. The van der Waals surface area contributed by atoms with Gasteiger partial charge in [0, 0.05) is 25.4 Å². The molecule has 0 saturated carbocycles. The second-order valence-corrected chi connectivity index (χ2v) is 8.29. The molecule has 2 fully saturated rings. The number of fused-ring (bicyclic) bond motifs is 1. The van der Waals surface area contributed by atoms with Crippen molar-refractivity contribution in [2.45, 2.75) is 31.4 Å². The maximum absolute atomic E-state index is 12.2. The first-order valence-corrected chi connectivity index (χ1v) is 10.6. The zero-order valence-corrected chi connectivity index (χ0v) is 18.2. The van der Waals surface area contributed by atoms with Gasteiger partial charge in [-0.3, -0.25) is 29.4 Å². The van der Waals surface area contributed by atoms with E-state index in [1.54, 1.807) is 16.6 Å². The van der Waals surface area contributed by atoms with Crippen molar-refractivity contribution in [3.8, 4) is 0 Å². The minimum atomic E-state index is -5.21. The SMILES string of the molecule is Cn1nc(N2CCC(=O)NC2=O)c2ccc(C3CCN(CC(=O)OC(=O)C(F)(F)F)CC3)cc21. The molecule has 3 amide bonds. The van der Waals surface area contributed by atoms with E-state index >= 15 is 0 Å². The van der Waals surface area contributed by atoms with Gasteiger partial charge in [-0.15, -0.1) is 0 Å². The number of carbonyl (C=O) groups excluding carboxylic acids is 4. The molecular weight excluding hydrogens is 459 g/mol. The zero-order valence-electron chi connectivity index (χ0n) is 18.2. The number of halogens is 3. The average Bonchev–Trinajstić information content (AvgIpc) is 3.09. The number of hydrogen-bond acceptors (Lipinski definition) is 7. The monoisotopic (exact) mass is 481 g/mol. The lowest BCUT2D eigenvalue weighted by molar-refractivity contribution is -0.202. The van der Waals surface area contributed by atoms with Crippen molar-refractivity contribution >= 4 is 40.6 Å². The van der Waals surface area contributed by atoms with Crippen LogP contribution in [0.1, 0.15) is 30.7 Å². The largest absolute Gasteiger partial charge is 0.491 e. The number of aromatic nitrogens is 2. The Morgan fingerprint density at radius 1 is 1.18 bits per heavy atom. The Kier molecular flexibility index (Phi) is 6.30. The van der Waals surface area contributed by atoms with Crippen LogP contribution in [0.3, 0.4) is 0 Å². The number of benzene rings is 1. The number of imide groups is 1. The van der Waals surface area contributed by atoms with Crippen LogP contribution >= 0.6 is 0 Å². The first kappa shape index (κ1) is 23.7. The topological polar surface area (TPSA) is 114 Å². The summed E-state index contributed by atoms with van der Waals surface area (Å²) < 4.78 is 42.2. The predicted octanol–water partition coefficient (Wildman–Crippen LogP) is 1.83. The number of carbonyl (C=O) groups is 4. The van der Waals surface area contributed by atoms with Crippen LogP contribution in [0.4, 0.5) is 23.8 Å². The summed E-state index contributed by atoms with van der Waals surface area (Å²) in [6, 6.07) is 5.29. The van der Waals surface area contributed by atoms with Gasteiger partial charge in [-0.1, -0.05) is 6.07 Å². The van der Waals surface area contributed by atoms with Gasteiger partial charge >= 0.3 is 24.1 Å². The lowest BCUT2D eigenvalue weighted by atomic mass is 9.89. The number of piperidine rings is 1. The van der Waals surface area contributed by atoms with Gasteiger partial charge in [0.1, 0.15) is 0 Å². The van der Waals surface area contributed by atoms with E-state index < -0.39 is 24.1 Å². The van der Waals surface area contributed by atoms with Gasteiger partial charge < -0.3 is 4.74 Å². The smallest absolute Gasteiger partial charge is 0.385 e. The van der Waals surface area contributed by atoms with Gasteiger partial charge in [-0.2, -0.15) is 18.3 Å². The number of urea groups is 1. The van der Waals surface area contributed by atoms with Gasteiger partial charge in [-0.05, 0) is 49.5 Å². The summed E-state index contributed by atoms with van der Waals surface area (Å²) in [6.07, 6.45) is -3.69. The molecular formula is C21H22F3N5O5. The van der Waals surface area contributed by atoms with Crippen LogP contribution in [0.15, 0.2) is 18.2 Å². The molecule has 2 aliphatic heterocycles. The summed E-state index contributed by atoms with van der Waals surface area (Å²) in [5.74, 6) is -3.44. The Bertz CT molecular complexity index is 1150. The van der Waals surface area contributed by atoms with Crippen LogP contribution in [0.25, 0.3) is 10.9 Å². The lowest BCUT2D eigenvalue weighted by Crippen LogP contribution is -2.49. The number of likely N-dealkylation sites (tertiary alicyclic amines) is 1. The number of anilines is 1. The van der Waals surface area contributed by atoms with Gasteiger partial charge in [0.25, 0.3) is 0 Å². The Morgan fingerprint density at radius 3 is 2.53 bits per heavy atom. The molecule has 1 aromatic carbocycles. The summed E-state index contributed by atoms with van der Waals surface area (Å²) in [6.45, 7) is 0.764. The van der Waals surface area contributed by atoms with E-state index in [-0.39, 0.29) is 31.3 Å². The zero-order chi connectivity index (χ0) is 24.6. The summed E-state index contributed by atoms with van der Waals surface area (Å²) in [5, 5.41) is 7.52. The normalized spacial score (nSPS) is 18.3. The van der Waals surface area contributed by atoms with Crippen LogP contribution in [0.2, 0.25) is 0 Å². The van der Waals surface area contributed by atoms with Crippen LogP contribution in [-0.2, 0) is 26.2 Å². The molecule has 2 saturated heterocycles. The number of aryl methyl sites for hydroxylation is 1. The highest BCUT2D eigenvalue weighted by molar-refractivity contribution is 6.08. The molecule has 1 aromatic heterocycles. The van der Waals surface area contributed by atoms with Crippen molar-refractivity contribution in [1.29, 1.82) is 0 Å².